The standard InChI is InChI=1S/C18H18N4O2/c19-16-14-15(21-22(16)12-9-5-2-6-10-12)13(17(23)20-18(14)24)11-7-3-1-4-8-11/h2,5-7,9-10,23H,1,3-4,8,19H2,(H,20,24). The largest absolute Gasteiger partial charge is 0.494 e. The monoisotopic (exact) mass is 322 g/mol. The van der Waals surface area contributed by atoms with E-state index in [0.717, 1.165) is 36.9 Å². The van der Waals surface area contributed by atoms with E-state index in [-0.39, 0.29) is 11.7 Å². The fourth-order valence-corrected chi connectivity index (χ4v) is 3.31. The first kappa shape index (κ1) is 14.6. The number of nitrogen functional groups attached to an aromatic ring is 1. The summed E-state index contributed by atoms with van der Waals surface area (Å²) in [4.78, 5) is 14.8. The molecule has 0 amide bonds. The van der Waals surface area contributed by atoms with Crippen molar-refractivity contribution in [1.82, 2.24) is 14.8 Å². The molecule has 4 rings (SSSR count). The molecule has 3 aromatic rings. The molecule has 4 N–H and O–H groups in total. The van der Waals surface area contributed by atoms with Gasteiger partial charge in [-0.15, -0.1) is 0 Å². The molecule has 0 bridgehead atoms. The Morgan fingerprint density at radius 3 is 2.71 bits per heavy atom. The molecule has 1 aromatic carbocycles. The number of hydrogen-bond donors (Lipinski definition) is 3. The Balaban J connectivity index is 2.04. The Hall–Kier alpha value is -3.02. The van der Waals surface area contributed by atoms with Crippen molar-refractivity contribution in [1.29, 1.82) is 0 Å². The molecule has 6 nitrogen and oxygen atoms in total. The third-order valence-corrected chi connectivity index (χ3v) is 4.47. The number of aromatic hydroxyl groups is 1. The van der Waals surface area contributed by atoms with Crippen LogP contribution in [0.2, 0.25) is 0 Å². The van der Waals surface area contributed by atoms with E-state index >= 15 is 0 Å². The Morgan fingerprint density at radius 1 is 1.21 bits per heavy atom. The fourth-order valence-electron chi connectivity index (χ4n) is 3.31. The number of benzene rings is 1. The van der Waals surface area contributed by atoms with Crippen LogP contribution in [0.4, 0.5) is 5.82 Å². The van der Waals surface area contributed by atoms with Gasteiger partial charge in [-0.1, -0.05) is 24.3 Å². The number of hydrogen-bond acceptors (Lipinski definition) is 4. The third kappa shape index (κ3) is 2.19. The summed E-state index contributed by atoms with van der Waals surface area (Å²) >= 11 is 0. The van der Waals surface area contributed by atoms with Crippen molar-refractivity contribution in [2.75, 3.05) is 5.73 Å². The normalized spacial score (nSPS) is 14.8. The van der Waals surface area contributed by atoms with Gasteiger partial charge in [0.15, 0.2) is 0 Å². The predicted molar refractivity (Wildman–Crippen MR) is 94.2 cm³/mol. The lowest BCUT2D eigenvalue weighted by Crippen LogP contribution is -2.09. The van der Waals surface area contributed by atoms with E-state index in [9.17, 15) is 9.90 Å². The zero-order chi connectivity index (χ0) is 16.7. The molecular formula is C18H18N4O2. The second-order valence-electron chi connectivity index (χ2n) is 6.01. The van der Waals surface area contributed by atoms with Crippen LogP contribution in [0, 0.1) is 0 Å². The Labute approximate surface area is 138 Å². The molecule has 2 heterocycles. The summed E-state index contributed by atoms with van der Waals surface area (Å²) in [6.07, 6.45) is 6.11. The van der Waals surface area contributed by atoms with Gasteiger partial charge in [0.1, 0.15) is 16.7 Å². The van der Waals surface area contributed by atoms with E-state index < -0.39 is 5.56 Å². The number of anilines is 1. The van der Waals surface area contributed by atoms with Crippen LogP contribution in [0.5, 0.6) is 5.88 Å². The number of H-pyrrole nitrogens is 1. The molecule has 0 fully saturated rings. The smallest absolute Gasteiger partial charge is 0.264 e. The Kier molecular flexibility index (Phi) is 3.37. The highest BCUT2D eigenvalue weighted by Gasteiger charge is 2.22. The highest BCUT2D eigenvalue weighted by atomic mass is 16.3. The van der Waals surface area contributed by atoms with E-state index in [2.05, 4.69) is 16.2 Å². The van der Waals surface area contributed by atoms with Crippen LogP contribution in [-0.4, -0.2) is 19.9 Å². The predicted octanol–water partition coefficient (Wildman–Crippen LogP) is 2.96. The summed E-state index contributed by atoms with van der Waals surface area (Å²) in [5.41, 5.74) is 8.59. The lowest BCUT2D eigenvalue weighted by atomic mass is 9.93. The minimum absolute atomic E-state index is 0.140. The molecule has 0 saturated heterocycles. The SMILES string of the molecule is Nc1c2c(=O)[nH]c(O)c(C3=CCCCC3)c2nn1-c1ccccc1. The molecule has 6 heteroatoms. The van der Waals surface area contributed by atoms with Gasteiger partial charge in [0.2, 0.25) is 5.88 Å². The van der Waals surface area contributed by atoms with Crippen molar-refractivity contribution >= 4 is 22.3 Å². The number of allylic oxidation sites excluding steroid dienone is 2. The van der Waals surface area contributed by atoms with Gasteiger partial charge in [-0.3, -0.25) is 9.78 Å². The van der Waals surface area contributed by atoms with Gasteiger partial charge in [-0.25, -0.2) is 4.68 Å². The van der Waals surface area contributed by atoms with Gasteiger partial charge in [-0.05, 0) is 43.4 Å². The van der Waals surface area contributed by atoms with E-state index in [4.69, 9.17) is 5.73 Å². The summed E-state index contributed by atoms with van der Waals surface area (Å²) in [7, 11) is 0. The Morgan fingerprint density at radius 2 is 2.00 bits per heavy atom. The zero-order valence-electron chi connectivity index (χ0n) is 13.1. The molecule has 0 atom stereocenters. The van der Waals surface area contributed by atoms with Crippen molar-refractivity contribution in [2.24, 2.45) is 0 Å². The molecular weight excluding hydrogens is 304 g/mol. The second kappa shape index (κ2) is 5.56. The van der Waals surface area contributed by atoms with Gasteiger partial charge in [0.25, 0.3) is 5.56 Å². The third-order valence-electron chi connectivity index (χ3n) is 4.47. The maximum atomic E-state index is 12.3. The van der Waals surface area contributed by atoms with Crippen LogP contribution in [0.1, 0.15) is 31.2 Å². The summed E-state index contributed by atoms with van der Waals surface area (Å²) in [6.45, 7) is 0. The topological polar surface area (TPSA) is 96.9 Å². The van der Waals surface area contributed by atoms with Gasteiger partial charge in [0.05, 0.1) is 11.3 Å². The number of aromatic nitrogens is 3. The van der Waals surface area contributed by atoms with Crippen LogP contribution in [0.3, 0.4) is 0 Å². The number of aromatic amines is 1. The second-order valence-corrected chi connectivity index (χ2v) is 6.01. The van der Waals surface area contributed by atoms with Crippen LogP contribution >= 0.6 is 0 Å². The molecule has 0 radical (unpaired) electrons. The fraction of sp³-hybridized carbons (Fsp3) is 0.222. The molecule has 1 aliphatic rings. The summed E-state index contributed by atoms with van der Waals surface area (Å²) in [6, 6.07) is 9.41. The van der Waals surface area contributed by atoms with E-state index in [1.54, 1.807) is 4.68 Å². The number of fused-ring (bicyclic) bond motifs is 1. The minimum atomic E-state index is -0.428. The lowest BCUT2D eigenvalue weighted by Gasteiger charge is -2.14. The van der Waals surface area contributed by atoms with Crippen molar-refractivity contribution in [3.63, 3.8) is 0 Å². The number of nitrogens with two attached hydrogens (primary N) is 1. The van der Waals surface area contributed by atoms with Crippen molar-refractivity contribution in [3.05, 3.63) is 52.3 Å². The average molecular weight is 322 g/mol. The summed E-state index contributed by atoms with van der Waals surface area (Å²) in [5.74, 6) is 0.133. The first-order chi connectivity index (χ1) is 11.7. The number of rotatable bonds is 2. The lowest BCUT2D eigenvalue weighted by molar-refractivity contribution is 0.450. The quantitative estimate of drug-likeness (QED) is 0.675. The highest BCUT2D eigenvalue weighted by Crippen LogP contribution is 2.36. The maximum Gasteiger partial charge on any atom is 0.264 e. The number of pyridine rings is 1. The first-order valence-corrected chi connectivity index (χ1v) is 8.05. The average Bonchev–Trinajstić information content (AvgIpc) is 2.94. The van der Waals surface area contributed by atoms with E-state index in [1.165, 1.54) is 0 Å². The van der Waals surface area contributed by atoms with E-state index in [0.29, 0.717) is 16.5 Å². The molecule has 24 heavy (non-hydrogen) atoms. The minimum Gasteiger partial charge on any atom is -0.494 e. The molecule has 0 saturated carbocycles. The van der Waals surface area contributed by atoms with Crippen molar-refractivity contribution < 1.29 is 5.11 Å². The molecule has 0 aliphatic heterocycles. The van der Waals surface area contributed by atoms with Gasteiger partial charge < -0.3 is 10.8 Å². The molecule has 122 valence electrons. The number of para-hydroxylation sites is 1. The number of nitrogens with one attached hydrogen (secondary N) is 1. The molecule has 2 aromatic heterocycles. The van der Waals surface area contributed by atoms with Crippen molar-refractivity contribution in [3.8, 4) is 11.6 Å². The summed E-state index contributed by atoms with van der Waals surface area (Å²) in [5, 5.41) is 15.2. The molecule has 1 aliphatic carbocycles. The van der Waals surface area contributed by atoms with Crippen LogP contribution in [0.25, 0.3) is 22.2 Å². The number of nitrogens with zero attached hydrogens (tertiary/aromatic N) is 2. The van der Waals surface area contributed by atoms with Crippen LogP contribution < -0.4 is 11.3 Å². The summed E-state index contributed by atoms with van der Waals surface area (Å²) < 4.78 is 1.55. The highest BCUT2D eigenvalue weighted by molar-refractivity contribution is 5.98. The maximum absolute atomic E-state index is 12.3. The zero-order valence-corrected chi connectivity index (χ0v) is 13.1. The van der Waals surface area contributed by atoms with Gasteiger partial charge in [-0.2, -0.15) is 5.10 Å². The van der Waals surface area contributed by atoms with Gasteiger partial charge in [0, 0.05) is 0 Å². The first-order valence-electron chi connectivity index (χ1n) is 8.05. The van der Waals surface area contributed by atoms with Gasteiger partial charge >= 0.3 is 0 Å². The molecule has 0 unspecified atom stereocenters. The van der Waals surface area contributed by atoms with E-state index in [1.807, 2.05) is 30.3 Å². The van der Waals surface area contributed by atoms with Crippen molar-refractivity contribution in [2.45, 2.75) is 25.7 Å². The molecule has 0 spiro atoms. The van der Waals surface area contributed by atoms with Crippen LogP contribution in [-0.2, 0) is 0 Å². The van der Waals surface area contributed by atoms with Crippen LogP contribution in [0.15, 0.2) is 41.2 Å². The Bertz CT molecular complexity index is 999.